The van der Waals surface area contributed by atoms with Crippen LogP contribution in [0.4, 0.5) is 5.69 Å². The molecule has 0 unspecified atom stereocenters. The first kappa shape index (κ1) is 21.6. The molecule has 0 saturated carbocycles. The Kier molecular flexibility index (Phi) is 5.40. The molecule has 0 radical (unpaired) electrons. The van der Waals surface area contributed by atoms with Gasteiger partial charge in [-0.2, -0.15) is 0 Å². The van der Waals surface area contributed by atoms with Gasteiger partial charge in [-0.05, 0) is 24.1 Å². The predicted molar refractivity (Wildman–Crippen MR) is 130 cm³/mol. The molecule has 2 fully saturated rings. The molecule has 0 spiro atoms. The number of benzene rings is 2. The van der Waals surface area contributed by atoms with Gasteiger partial charge in [0.05, 0.1) is 40.3 Å². The lowest BCUT2D eigenvalue weighted by Crippen LogP contribution is -2.39. The number of sulfone groups is 1. The number of thiocarbonyl (C=S) groups is 1. The molecular formula is C22H17ClN2O4S3. The number of rotatable bonds is 3. The molecule has 0 bridgehead atoms. The molecule has 10 heteroatoms. The van der Waals surface area contributed by atoms with Crippen LogP contribution in [-0.4, -0.2) is 47.0 Å². The van der Waals surface area contributed by atoms with Crippen LogP contribution in [0.15, 0.2) is 53.4 Å². The van der Waals surface area contributed by atoms with Crippen molar-refractivity contribution < 1.29 is 18.0 Å². The fourth-order valence-corrected chi connectivity index (χ4v) is 7.64. The molecule has 0 aliphatic carbocycles. The highest BCUT2D eigenvalue weighted by Crippen LogP contribution is 2.46. The summed E-state index contributed by atoms with van der Waals surface area (Å²) in [6.07, 6.45) is 0.348. The molecule has 0 aromatic heterocycles. The molecule has 5 rings (SSSR count). The molecule has 3 heterocycles. The maximum Gasteiger partial charge on any atom is 0.267 e. The van der Waals surface area contributed by atoms with Crippen LogP contribution >= 0.6 is 35.6 Å². The van der Waals surface area contributed by atoms with Gasteiger partial charge in [-0.1, -0.05) is 72.0 Å². The van der Waals surface area contributed by atoms with Crippen LogP contribution in [0.25, 0.3) is 5.57 Å². The Labute approximate surface area is 200 Å². The van der Waals surface area contributed by atoms with Gasteiger partial charge in [0.15, 0.2) is 9.84 Å². The summed E-state index contributed by atoms with van der Waals surface area (Å²) < 4.78 is 24.2. The molecule has 2 saturated heterocycles. The van der Waals surface area contributed by atoms with Gasteiger partial charge in [-0.15, -0.1) is 0 Å². The number of amides is 2. The van der Waals surface area contributed by atoms with Crippen molar-refractivity contribution in [3.63, 3.8) is 0 Å². The average Bonchev–Trinajstić information content (AvgIpc) is 3.34. The summed E-state index contributed by atoms with van der Waals surface area (Å²) in [7, 11) is -3.19. The molecule has 3 aliphatic rings. The Balaban J connectivity index is 1.55. The van der Waals surface area contributed by atoms with Crippen molar-refractivity contribution in [3.8, 4) is 0 Å². The van der Waals surface area contributed by atoms with Crippen LogP contribution in [0.5, 0.6) is 0 Å². The van der Waals surface area contributed by atoms with E-state index in [9.17, 15) is 18.0 Å². The molecule has 2 aromatic rings. The van der Waals surface area contributed by atoms with Gasteiger partial charge in [0, 0.05) is 10.6 Å². The van der Waals surface area contributed by atoms with E-state index >= 15 is 0 Å². The third-order valence-electron chi connectivity index (χ3n) is 5.81. The summed E-state index contributed by atoms with van der Waals surface area (Å²) in [5.41, 5.74) is 2.45. The lowest BCUT2D eigenvalue weighted by atomic mass is 10.1. The van der Waals surface area contributed by atoms with E-state index in [2.05, 4.69) is 0 Å². The second kappa shape index (κ2) is 7.98. The van der Waals surface area contributed by atoms with Crippen molar-refractivity contribution in [2.45, 2.75) is 19.0 Å². The van der Waals surface area contributed by atoms with Crippen LogP contribution in [0.1, 0.15) is 17.5 Å². The van der Waals surface area contributed by atoms with E-state index in [0.717, 1.165) is 17.3 Å². The maximum atomic E-state index is 13.6. The number of thioether (sulfide) groups is 1. The summed E-state index contributed by atoms with van der Waals surface area (Å²) in [6.45, 7) is 0.264. The highest BCUT2D eigenvalue weighted by Gasteiger charge is 2.46. The molecule has 0 N–H and O–H groups in total. The van der Waals surface area contributed by atoms with Crippen LogP contribution in [0.3, 0.4) is 0 Å². The zero-order chi connectivity index (χ0) is 22.6. The van der Waals surface area contributed by atoms with E-state index in [4.69, 9.17) is 23.8 Å². The van der Waals surface area contributed by atoms with E-state index in [1.54, 1.807) is 11.0 Å². The summed E-state index contributed by atoms with van der Waals surface area (Å²) >= 11 is 12.8. The molecule has 2 amide bonds. The van der Waals surface area contributed by atoms with Gasteiger partial charge >= 0.3 is 0 Å². The molecule has 3 aliphatic heterocycles. The summed E-state index contributed by atoms with van der Waals surface area (Å²) in [5, 5.41) is 0.556. The third-order valence-corrected chi connectivity index (χ3v) is 9.33. The molecular weight excluding hydrogens is 488 g/mol. The lowest BCUT2D eigenvalue weighted by molar-refractivity contribution is -0.123. The number of para-hydroxylation sites is 1. The Morgan fingerprint density at radius 3 is 2.50 bits per heavy atom. The lowest BCUT2D eigenvalue weighted by Gasteiger charge is -2.21. The fourth-order valence-electron chi connectivity index (χ4n) is 4.28. The van der Waals surface area contributed by atoms with Gasteiger partial charge in [0.1, 0.15) is 4.32 Å². The summed E-state index contributed by atoms with van der Waals surface area (Å²) in [5.74, 6) is -0.773. The summed E-state index contributed by atoms with van der Waals surface area (Å²) in [6, 6.07) is 14.1. The molecule has 164 valence electrons. The topological polar surface area (TPSA) is 74.8 Å². The maximum absolute atomic E-state index is 13.6. The number of halogens is 1. The van der Waals surface area contributed by atoms with Gasteiger partial charge in [-0.25, -0.2) is 8.42 Å². The van der Waals surface area contributed by atoms with Crippen molar-refractivity contribution in [3.05, 3.63) is 69.6 Å². The normalized spacial score (nSPS) is 24.5. The second-order valence-corrected chi connectivity index (χ2v) is 12.1. The largest absolute Gasteiger partial charge is 0.303 e. The number of anilines is 1. The summed E-state index contributed by atoms with van der Waals surface area (Å²) in [4.78, 5) is 30.1. The highest BCUT2D eigenvalue weighted by atomic mass is 35.5. The van der Waals surface area contributed by atoms with E-state index in [1.165, 1.54) is 4.90 Å². The van der Waals surface area contributed by atoms with Gasteiger partial charge in [-0.3, -0.25) is 14.5 Å². The van der Waals surface area contributed by atoms with Gasteiger partial charge in [0.25, 0.3) is 11.8 Å². The average molecular weight is 505 g/mol. The first-order valence-electron chi connectivity index (χ1n) is 9.91. The quantitative estimate of drug-likeness (QED) is 0.469. The number of hydrogen-bond acceptors (Lipinski definition) is 6. The molecule has 32 heavy (non-hydrogen) atoms. The van der Waals surface area contributed by atoms with Gasteiger partial charge in [0.2, 0.25) is 0 Å². The Hall–Kier alpha value is -2.20. The Morgan fingerprint density at radius 1 is 1.06 bits per heavy atom. The van der Waals surface area contributed by atoms with E-state index < -0.39 is 21.8 Å². The van der Waals surface area contributed by atoms with Crippen LogP contribution in [0.2, 0.25) is 5.02 Å². The van der Waals surface area contributed by atoms with E-state index in [-0.39, 0.29) is 33.2 Å². The molecule has 2 aromatic carbocycles. The SMILES string of the molecule is O=C1/C(=C2/SC(=S)N([C@@H]3CCS(=O)(=O)C3)C2=O)c2ccccc2N1Cc1ccccc1Cl. The third kappa shape index (κ3) is 3.57. The smallest absolute Gasteiger partial charge is 0.267 e. The van der Waals surface area contributed by atoms with Gasteiger partial charge < -0.3 is 4.90 Å². The number of carbonyl (C=O) groups excluding carboxylic acids is 2. The molecule has 6 nitrogen and oxygen atoms in total. The van der Waals surface area contributed by atoms with Crippen molar-refractivity contribution >= 4 is 72.8 Å². The predicted octanol–water partition coefficient (Wildman–Crippen LogP) is 3.65. The van der Waals surface area contributed by atoms with Crippen molar-refractivity contribution in [1.29, 1.82) is 0 Å². The minimum absolute atomic E-state index is 0.0357. The second-order valence-electron chi connectivity index (χ2n) is 7.80. The van der Waals surface area contributed by atoms with Crippen LogP contribution < -0.4 is 4.90 Å². The number of nitrogens with zero attached hydrogens (tertiary/aromatic N) is 2. The fraction of sp³-hybridized carbons (Fsp3) is 0.227. The zero-order valence-corrected chi connectivity index (χ0v) is 19.9. The number of fused-ring (bicyclic) bond motifs is 1. The van der Waals surface area contributed by atoms with Crippen LogP contribution in [0, 0.1) is 0 Å². The zero-order valence-electron chi connectivity index (χ0n) is 16.7. The highest BCUT2D eigenvalue weighted by molar-refractivity contribution is 8.26. The van der Waals surface area contributed by atoms with E-state index in [1.807, 2.05) is 42.5 Å². The first-order chi connectivity index (χ1) is 15.3. The standard InChI is InChI=1S/C22H17ClN2O4S3/c23-16-7-3-1-5-13(16)11-24-17-8-4-2-6-15(17)18(20(24)26)19-21(27)25(22(30)31-19)14-9-10-32(28,29)12-14/h1-8,14H,9-12H2/b19-18+/t14-/m1/s1. The monoisotopic (exact) mass is 504 g/mol. The Bertz CT molecular complexity index is 1320. The number of hydrogen-bond donors (Lipinski definition) is 0. The first-order valence-corrected chi connectivity index (χ1v) is 13.3. The molecule has 1 atom stereocenters. The minimum atomic E-state index is -3.19. The minimum Gasteiger partial charge on any atom is -0.303 e. The Morgan fingerprint density at radius 2 is 1.78 bits per heavy atom. The van der Waals surface area contributed by atoms with Crippen LogP contribution in [-0.2, 0) is 26.0 Å². The van der Waals surface area contributed by atoms with E-state index in [0.29, 0.717) is 28.3 Å². The van der Waals surface area contributed by atoms with Crippen molar-refractivity contribution in [2.75, 3.05) is 16.4 Å². The number of carbonyl (C=O) groups is 2. The van der Waals surface area contributed by atoms with Crippen molar-refractivity contribution in [1.82, 2.24) is 4.90 Å². The van der Waals surface area contributed by atoms with Crippen molar-refractivity contribution in [2.24, 2.45) is 0 Å².